The first-order valence-corrected chi connectivity index (χ1v) is 11.6. The van der Waals surface area contributed by atoms with E-state index >= 15 is 0 Å². The Morgan fingerprint density at radius 2 is 1.68 bits per heavy atom. The van der Waals surface area contributed by atoms with Crippen LogP contribution in [0.1, 0.15) is 90.9 Å². The minimum Gasteiger partial charge on any atom is -0.469 e. The molecule has 0 aliphatic heterocycles. The molecule has 0 aromatic carbocycles. The average Bonchev–Trinajstić information content (AvgIpc) is 3.08. The molecule has 0 aromatic rings. The van der Waals surface area contributed by atoms with Crippen LogP contribution >= 0.6 is 0 Å². The molecule has 0 bridgehead atoms. The van der Waals surface area contributed by atoms with Crippen molar-refractivity contribution in [3.63, 3.8) is 0 Å². The Morgan fingerprint density at radius 1 is 0.893 bits per heavy atom. The van der Waals surface area contributed by atoms with Gasteiger partial charge in [-0.05, 0) is 92.3 Å². The molecule has 0 spiro atoms. The van der Waals surface area contributed by atoms with Crippen LogP contribution in [0.25, 0.3) is 0 Å². The van der Waals surface area contributed by atoms with Crippen LogP contribution in [0.3, 0.4) is 0 Å². The first kappa shape index (κ1) is 20.2. The molecule has 4 heteroatoms. The molecule has 0 radical (unpaired) electrons. The number of rotatable bonds is 4. The predicted octanol–water partition coefficient (Wildman–Crippen LogP) is 5.28. The van der Waals surface area contributed by atoms with Gasteiger partial charge in [0.05, 0.1) is 20.0 Å². The van der Waals surface area contributed by atoms with Gasteiger partial charge in [-0.2, -0.15) is 0 Å². The molecule has 4 nitrogen and oxygen atoms in total. The molecule has 28 heavy (non-hydrogen) atoms. The number of fused-ring (bicyclic) bond motifs is 5. The Bertz CT molecular complexity index is 616. The Kier molecular flexibility index (Phi) is 5.52. The van der Waals surface area contributed by atoms with Crippen molar-refractivity contribution in [1.82, 2.24) is 0 Å². The van der Waals surface area contributed by atoms with Gasteiger partial charge in [0, 0.05) is 0 Å². The highest BCUT2D eigenvalue weighted by Gasteiger charge is 2.58. The number of hydrogen-bond donors (Lipinski definition) is 0. The first-order chi connectivity index (χ1) is 13.4. The summed E-state index contributed by atoms with van der Waals surface area (Å²) in [6.07, 6.45) is 13.4. The van der Waals surface area contributed by atoms with E-state index in [1.54, 1.807) is 0 Å². The van der Waals surface area contributed by atoms with E-state index in [-0.39, 0.29) is 30.9 Å². The molecule has 4 fully saturated rings. The third-order valence-electron chi connectivity index (χ3n) is 9.46. The lowest BCUT2D eigenvalue weighted by Gasteiger charge is -2.60. The summed E-state index contributed by atoms with van der Waals surface area (Å²) in [4.78, 5) is 23.4. The number of carbonyl (C=O) groups is 2. The lowest BCUT2D eigenvalue weighted by atomic mass is 9.45. The van der Waals surface area contributed by atoms with Crippen molar-refractivity contribution < 1.29 is 19.1 Å². The summed E-state index contributed by atoms with van der Waals surface area (Å²) < 4.78 is 10.4. The van der Waals surface area contributed by atoms with E-state index in [1.807, 2.05) is 0 Å². The number of hydrogen-bond acceptors (Lipinski definition) is 4. The summed E-state index contributed by atoms with van der Waals surface area (Å²) in [5.74, 6) is 2.86. The topological polar surface area (TPSA) is 52.6 Å². The summed E-state index contributed by atoms with van der Waals surface area (Å²) in [5.41, 5.74) is 1.05. The van der Waals surface area contributed by atoms with Crippen molar-refractivity contribution >= 4 is 11.9 Å². The van der Waals surface area contributed by atoms with Gasteiger partial charge in [0.15, 0.2) is 0 Å². The smallest absolute Gasteiger partial charge is 0.306 e. The molecule has 4 aliphatic carbocycles. The van der Waals surface area contributed by atoms with Gasteiger partial charge in [-0.3, -0.25) is 9.59 Å². The summed E-state index contributed by atoms with van der Waals surface area (Å²) in [6, 6.07) is 0. The largest absolute Gasteiger partial charge is 0.469 e. The molecular formula is C24H38O4. The van der Waals surface area contributed by atoms with Crippen LogP contribution in [0.2, 0.25) is 0 Å². The quantitative estimate of drug-likeness (QED) is 0.613. The Morgan fingerprint density at radius 3 is 2.46 bits per heavy atom. The monoisotopic (exact) mass is 390 g/mol. The van der Waals surface area contributed by atoms with Crippen LogP contribution in [0, 0.1) is 34.5 Å². The van der Waals surface area contributed by atoms with E-state index in [1.165, 1.54) is 58.5 Å². The highest BCUT2D eigenvalue weighted by molar-refractivity contribution is 5.77. The van der Waals surface area contributed by atoms with Crippen molar-refractivity contribution in [3.05, 3.63) is 0 Å². The van der Waals surface area contributed by atoms with E-state index in [4.69, 9.17) is 4.74 Å². The van der Waals surface area contributed by atoms with Crippen LogP contribution in [-0.2, 0) is 19.1 Å². The second-order valence-corrected chi connectivity index (χ2v) is 10.7. The minimum atomic E-state index is -0.345. The fraction of sp³-hybridized carbons (Fsp3) is 0.917. The summed E-state index contributed by atoms with van der Waals surface area (Å²) in [7, 11) is 1.35. The minimum absolute atomic E-state index is 0.0418. The van der Waals surface area contributed by atoms with E-state index in [2.05, 4.69) is 18.6 Å². The summed E-state index contributed by atoms with van der Waals surface area (Å²) in [5, 5.41) is 0. The molecule has 0 unspecified atom stereocenters. The zero-order valence-electron chi connectivity index (χ0n) is 18.0. The van der Waals surface area contributed by atoms with Gasteiger partial charge in [0.1, 0.15) is 6.10 Å². The van der Waals surface area contributed by atoms with Crippen LogP contribution in [-0.4, -0.2) is 25.2 Å². The average molecular weight is 391 g/mol. The molecule has 0 aromatic heterocycles. The molecule has 7 atom stereocenters. The third kappa shape index (κ3) is 3.50. The Hall–Kier alpha value is -1.06. The fourth-order valence-corrected chi connectivity index (χ4v) is 7.87. The number of ether oxygens (including phenoxy) is 2. The fourth-order valence-electron chi connectivity index (χ4n) is 7.87. The highest BCUT2D eigenvalue weighted by atomic mass is 16.5. The highest BCUT2D eigenvalue weighted by Crippen LogP contribution is 2.66. The van der Waals surface area contributed by atoms with Gasteiger partial charge in [0.2, 0.25) is 0 Å². The Labute approximate surface area is 170 Å². The maximum Gasteiger partial charge on any atom is 0.306 e. The van der Waals surface area contributed by atoms with Crippen molar-refractivity contribution in [2.75, 3.05) is 7.11 Å². The van der Waals surface area contributed by atoms with Crippen LogP contribution in [0.5, 0.6) is 0 Å². The van der Waals surface area contributed by atoms with Gasteiger partial charge >= 0.3 is 11.9 Å². The van der Waals surface area contributed by atoms with Crippen molar-refractivity contribution in [1.29, 1.82) is 0 Å². The van der Waals surface area contributed by atoms with Crippen molar-refractivity contribution in [3.8, 4) is 0 Å². The molecule has 0 heterocycles. The molecule has 4 saturated carbocycles. The standard InChI is InChI=1S/C24H38O4/c1-23-12-4-5-19(23)18-7-6-16-15-17(28-22(26)9-8-21(25)27-3)10-14-24(16,2)20(18)11-13-23/h16-20H,4-15H2,1-3H3/t16-,17+,18+,19-,20+,23-,24-/m0/s1. The number of esters is 2. The summed E-state index contributed by atoms with van der Waals surface area (Å²) >= 11 is 0. The molecule has 4 aliphatic rings. The maximum atomic E-state index is 12.1. The molecule has 4 rings (SSSR count). The number of carbonyl (C=O) groups excluding carboxylic acids is 2. The van der Waals surface area contributed by atoms with Gasteiger partial charge in [0.25, 0.3) is 0 Å². The maximum absolute atomic E-state index is 12.1. The third-order valence-corrected chi connectivity index (χ3v) is 9.46. The first-order valence-electron chi connectivity index (χ1n) is 11.6. The molecule has 0 amide bonds. The second-order valence-electron chi connectivity index (χ2n) is 10.7. The zero-order valence-corrected chi connectivity index (χ0v) is 18.0. The van der Waals surface area contributed by atoms with E-state index in [0.717, 1.165) is 30.6 Å². The SMILES string of the molecule is COC(=O)CCC(=O)O[C@@H]1CC[C@@]2(C)[C@@H](CC[C@H]3[C@H]2CC[C@]2(C)CCC[C@@H]32)C1. The lowest BCUT2D eigenvalue weighted by Crippen LogP contribution is -2.53. The van der Waals surface area contributed by atoms with E-state index in [0.29, 0.717) is 16.7 Å². The Balaban J connectivity index is 1.37. The van der Waals surface area contributed by atoms with Gasteiger partial charge in [-0.15, -0.1) is 0 Å². The zero-order chi connectivity index (χ0) is 19.9. The van der Waals surface area contributed by atoms with Gasteiger partial charge in [-0.25, -0.2) is 0 Å². The van der Waals surface area contributed by atoms with Crippen molar-refractivity contribution in [2.45, 2.75) is 97.0 Å². The summed E-state index contributed by atoms with van der Waals surface area (Å²) in [6.45, 7) is 5.13. The molecule has 0 N–H and O–H groups in total. The molecule has 158 valence electrons. The second kappa shape index (κ2) is 7.65. The van der Waals surface area contributed by atoms with E-state index in [9.17, 15) is 9.59 Å². The van der Waals surface area contributed by atoms with Crippen LogP contribution in [0.15, 0.2) is 0 Å². The van der Waals surface area contributed by atoms with E-state index < -0.39 is 0 Å². The predicted molar refractivity (Wildman–Crippen MR) is 107 cm³/mol. The number of methoxy groups -OCH3 is 1. The normalized spacial score (nSPS) is 44.8. The van der Waals surface area contributed by atoms with Gasteiger partial charge in [-0.1, -0.05) is 20.3 Å². The van der Waals surface area contributed by atoms with Crippen molar-refractivity contribution in [2.24, 2.45) is 34.5 Å². The van der Waals surface area contributed by atoms with Crippen LogP contribution < -0.4 is 0 Å². The van der Waals surface area contributed by atoms with Crippen LogP contribution in [0.4, 0.5) is 0 Å². The molecular weight excluding hydrogens is 352 g/mol. The molecule has 0 saturated heterocycles. The lowest BCUT2D eigenvalue weighted by molar-refractivity contribution is -0.163. The van der Waals surface area contributed by atoms with Gasteiger partial charge < -0.3 is 9.47 Å².